The van der Waals surface area contributed by atoms with E-state index < -0.39 is 0 Å². The van der Waals surface area contributed by atoms with E-state index in [0.717, 1.165) is 77.6 Å². The minimum absolute atomic E-state index is 0.197. The summed E-state index contributed by atoms with van der Waals surface area (Å²) in [4.78, 5) is 2.48. The zero-order valence-corrected chi connectivity index (χ0v) is 34.4. The number of hydrogen-bond donors (Lipinski definition) is 0. The van der Waals surface area contributed by atoms with Crippen LogP contribution in [0.25, 0.3) is 97.4 Å². The molecule has 0 saturated heterocycles. The fraction of sp³-hybridized carbons (Fsp3) is 0.0526. The fourth-order valence-electron chi connectivity index (χ4n) is 10.3. The molecule has 0 aliphatic heterocycles. The monoisotopic (exact) mass is 799 g/mol. The van der Waals surface area contributed by atoms with Gasteiger partial charge in [-0.3, -0.25) is 0 Å². The van der Waals surface area contributed by atoms with Crippen LogP contribution in [-0.2, 0) is 5.41 Å². The molecule has 1 aliphatic carbocycles. The Morgan fingerprint density at radius 2 is 1.10 bits per heavy atom. The Labute approximate surface area is 356 Å². The van der Waals surface area contributed by atoms with Gasteiger partial charge in [-0.25, -0.2) is 0 Å². The molecule has 0 saturated carbocycles. The highest BCUT2D eigenvalue weighted by Gasteiger charge is 2.36. The molecule has 0 amide bonds. The number of fused-ring (bicyclic) bond motifs is 13. The van der Waals surface area contributed by atoms with Crippen molar-refractivity contribution < 1.29 is 8.83 Å². The van der Waals surface area contributed by atoms with Crippen molar-refractivity contribution in [2.75, 3.05) is 4.90 Å². The Morgan fingerprint density at radius 3 is 1.98 bits per heavy atom. The van der Waals surface area contributed by atoms with Gasteiger partial charge in [0.15, 0.2) is 5.58 Å². The van der Waals surface area contributed by atoms with Crippen LogP contribution in [0.2, 0.25) is 0 Å². The molecular formula is C57H37NO2S. The maximum absolute atomic E-state index is 7.32. The number of nitrogens with zero attached hydrogens (tertiary/aromatic N) is 1. The SMILES string of the molecule is CC1(C)c2ccccc2-c2ccc(N(c3ccccc3-c3ccccc3)c3c(-c4cccc5c4sc4ccccc45)ccc4c3oc3ccc5oc6ccccc6c5c34)cc21. The van der Waals surface area contributed by atoms with Crippen LogP contribution in [0.3, 0.4) is 0 Å². The van der Waals surface area contributed by atoms with Crippen LogP contribution in [0.15, 0.2) is 197 Å². The first-order valence-electron chi connectivity index (χ1n) is 20.9. The van der Waals surface area contributed by atoms with Crippen LogP contribution < -0.4 is 4.90 Å². The molecule has 9 aromatic carbocycles. The Kier molecular flexibility index (Phi) is 7.23. The van der Waals surface area contributed by atoms with Crippen LogP contribution in [-0.4, -0.2) is 0 Å². The van der Waals surface area contributed by atoms with Crippen molar-refractivity contribution in [3.05, 3.63) is 199 Å². The van der Waals surface area contributed by atoms with E-state index in [1.807, 2.05) is 17.4 Å². The van der Waals surface area contributed by atoms with Gasteiger partial charge in [-0.2, -0.15) is 0 Å². The number of benzene rings is 9. The smallest absolute Gasteiger partial charge is 0.160 e. The third-order valence-corrected chi connectivity index (χ3v) is 14.3. The average Bonchev–Trinajstić information content (AvgIpc) is 4.05. The van der Waals surface area contributed by atoms with E-state index in [1.165, 1.54) is 48.0 Å². The Morgan fingerprint density at radius 1 is 0.443 bits per heavy atom. The van der Waals surface area contributed by atoms with E-state index in [1.54, 1.807) is 0 Å². The Bertz CT molecular complexity index is 3750. The lowest BCUT2D eigenvalue weighted by Gasteiger charge is -2.31. The van der Waals surface area contributed by atoms with Gasteiger partial charge in [0.2, 0.25) is 0 Å². The van der Waals surface area contributed by atoms with E-state index in [9.17, 15) is 0 Å². The molecule has 3 nitrogen and oxygen atoms in total. The standard InChI is InChI=1S/C57H37NO2S/c1-57(2)45-23-10-6-18-37(45)38-28-27-35(33-46(38)57)58(47-24-11-7-17-36(47)34-15-4-3-5-16-34)54-40(42-22-14-21-41-39-19-9-13-26-51(39)61-56(41)42)29-30-44-53-50(60-55(44)54)32-31-49-52(53)43-20-8-12-25-48(43)59-49/h3-33H,1-2H3. The van der Waals surface area contributed by atoms with Gasteiger partial charge in [-0.1, -0.05) is 153 Å². The lowest BCUT2D eigenvalue weighted by Crippen LogP contribution is -2.17. The largest absolute Gasteiger partial charge is 0.456 e. The summed E-state index contributed by atoms with van der Waals surface area (Å²) >= 11 is 1.86. The zero-order valence-electron chi connectivity index (χ0n) is 33.6. The van der Waals surface area contributed by atoms with Gasteiger partial charge < -0.3 is 13.7 Å². The summed E-state index contributed by atoms with van der Waals surface area (Å²) in [5.74, 6) is 0. The molecule has 0 bridgehead atoms. The lowest BCUT2D eigenvalue weighted by atomic mass is 9.82. The average molecular weight is 800 g/mol. The molecule has 61 heavy (non-hydrogen) atoms. The molecule has 288 valence electrons. The van der Waals surface area contributed by atoms with Crippen molar-refractivity contribution in [2.45, 2.75) is 19.3 Å². The summed E-state index contributed by atoms with van der Waals surface area (Å²) in [6.45, 7) is 4.72. The second kappa shape index (κ2) is 12.8. The van der Waals surface area contributed by atoms with Crippen molar-refractivity contribution in [3.8, 4) is 33.4 Å². The van der Waals surface area contributed by atoms with Gasteiger partial charge in [-0.15, -0.1) is 11.3 Å². The quantitative estimate of drug-likeness (QED) is 0.174. The maximum atomic E-state index is 7.32. The van der Waals surface area contributed by atoms with Crippen LogP contribution in [0.1, 0.15) is 25.0 Å². The minimum atomic E-state index is -0.197. The van der Waals surface area contributed by atoms with Crippen molar-refractivity contribution >= 4 is 92.4 Å². The lowest BCUT2D eigenvalue weighted by molar-refractivity contribution is 0.660. The molecule has 0 spiro atoms. The van der Waals surface area contributed by atoms with Crippen LogP contribution in [0.5, 0.6) is 0 Å². The topological polar surface area (TPSA) is 29.5 Å². The van der Waals surface area contributed by atoms with Gasteiger partial charge in [-0.05, 0) is 76.3 Å². The van der Waals surface area contributed by atoms with Gasteiger partial charge in [0.05, 0.1) is 11.4 Å². The highest BCUT2D eigenvalue weighted by Crippen LogP contribution is 2.55. The molecular weight excluding hydrogens is 763 g/mol. The molecule has 12 aromatic rings. The summed E-state index contributed by atoms with van der Waals surface area (Å²) in [7, 11) is 0. The second-order valence-electron chi connectivity index (χ2n) is 16.8. The van der Waals surface area contributed by atoms with Crippen molar-refractivity contribution in [2.24, 2.45) is 0 Å². The summed E-state index contributed by atoms with van der Waals surface area (Å²) in [6.07, 6.45) is 0. The van der Waals surface area contributed by atoms with Crippen LogP contribution >= 0.6 is 11.3 Å². The summed E-state index contributed by atoms with van der Waals surface area (Å²) < 4.78 is 16.3. The number of para-hydroxylation sites is 2. The minimum Gasteiger partial charge on any atom is -0.456 e. The highest BCUT2D eigenvalue weighted by molar-refractivity contribution is 7.26. The van der Waals surface area contributed by atoms with E-state index in [0.29, 0.717) is 0 Å². The Hall–Kier alpha value is -7.40. The first-order chi connectivity index (χ1) is 30.0. The first kappa shape index (κ1) is 34.5. The summed E-state index contributed by atoms with van der Waals surface area (Å²) in [6, 6.07) is 68.1. The van der Waals surface area contributed by atoms with Crippen molar-refractivity contribution in [1.29, 1.82) is 0 Å². The predicted octanol–water partition coefficient (Wildman–Crippen LogP) is 17.0. The molecule has 3 aromatic heterocycles. The van der Waals surface area contributed by atoms with Crippen molar-refractivity contribution in [3.63, 3.8) is 0 Å². The fourth-order valence-corrected chi connectivity index (χ4v) is 11.5. The molecule has 0 radical (unpaired) electrons. The zero-order chi connectivity index (χ0) is 40.4. The third-order valence-electron chi connectivity index (χ3n) is 13.1. The molecule has 13 rings (SSSR count). The Balaban J connectivity index is 1.19. The predicted molar refractivity (Wildman–Crippen MR) is 257 cm³/mol. The number of hydrogen-bond acceptors (Lipinski definition) is 4. The van der Waals surface area contributed by atoms with Crippen LogP contribution in [0.4, 0.5) is 17.1 Å². The molecule has 1 aliphatic rings. The van der Waals surface area contributed by atoms with Gasteiger partial charge >= 0.3 is 0 Å². The summed E-state index contributed by atoms with van der Waals surface area (Å²) in [5.41, 5.74) is 16.1. The molecule has 0 N–H and O–H groups in total. The number of anilines is 3. The van der Waals surface area contributed by atoms with E-state index >= 15 is 0 Å². The van der Waals surface area contributed by atoms with Gasteiger partial charge in [0.25, 0.3) is 0 Å². The van der Waals surface area contributed by atoms with Gasteiger partial charge in [0, 0.05) is 69.5 Å². The van der Waals surface area contributed by atoms with E-state index in [4.69, 9.17) is 8.83 Å². The number of thiophene rings is 1. The van der Waals surface area contributed by atoms with Crippen molar-refractivity contribution in [1.82, 2.24) is 0 Å². The van der Waals surface area contributed by atoms with E-state index in [-0.39, 0.29) is 5.41 Å². The maximum Gasteiger partial charge on any atom is 0.160 e. The summed E-state index contributed by atoms with van der Waals surface area (Å²) in [5, 5.41) is 6.80. The molecule has 3 heterocycles. The van der Waals surface area contributed by atoms with E-state index in [2.05, 4.69) is 201 Å². The number of rotatable bonds is 5. The molecule has 4 heteroatoms. The molecule has 0 fully saturated rings. The normalized spacial score (nSPS) is 13.2. The first-order valence-corrected chi connectivity index (χ1v) is 21.7. The molecule has 0 atom stereocenters. The van der Waals surface area contributed by atoms with Gasteiger partial charge in [0.1, 0.15) is 16.7 Å². The third kappa shape index (κ3) is 4.91. The number of furan rings is 2. The van der Waals surface area contributed by atoms with Crippen LogP contribution in [0, 0.1) is 0 Å². The molecule has 0 unspecified atom stereocenters. The second-order valence-corrected chi connectivity index (χ2v) is 17.8. The highest BCUT2D eigenvalue weighted by atomic mass is 32.1.